The molecule has 0 fully saturated rings. The third-order valence-corrected chi connectivity index (χ3v) is 3.62. The van der Waals surface area contributed by atoms with Crippen molar-refractivity contribution in [2.75, 3.05) is 25.9 Å². The van der Waals surface area contributed by atoms with Crippen molar-refractivity contribution in [2.45, 2.75) is 39.3 Å². The third kappa shape index (κ3) is 14.3. The van der Waals surface area contributed by atoms with Gasteiger partial charge in [-0.25, -0.2) is 0 Å². The number of hydrogen-bond acceptors (Lipinski definition) is 3. The molecule has 0 atom stereocenters. The largest absolute Gasteiger partial charge is 0.370 e. The number of hydrogen-bond donors (Lipinski definition) is 1. The maximum absolute atomic E-state index is 5.51. The minimum absolute atomic E-state index is 0.607. The van der Waals surface area contributed by atoms with Crippen LogP contribution in [0.4, 0.5) is 0 Å². The van der Waals surface area contributed by atoms with E-state index in [9.17, 15) is 0 Å². The molecule has 0 radical (unpaired) electrons. The molecule has 0 aliphatic heterocycles. The smallest absolute Gasteiger partial charge is 0.0978 e. The van der Waals surface area contributed by atoms with Crippen LogP contribution in [0.15, 0.2) is 0 Å². The van der Waals surface area contributed by atoms with E-state index in [-0.39, 0.29) is 0 Å². The first-order valence-electron chi connectivity index (χ1n) is 5.57. The van der Waals surface area contributed by atoms with Crippen LogP contribution in [0.5, 0.6) is 0 Å². The van der Waals surface area contributed by atoms with Gasteiger partial charge in [-0.15, -0.1) is 0 Å². The van der Waals surface area contributed by atoms with Crippen molar-refractivity contribution in [3.05, 3.63) is 0 Å². The Morgan fingerprint density at radius 3 is 1.33 bits per heavy atom. The summed E-state index contributed by atoms with van der Waals surface area (Å²) in [4.78, 5) is 0. The van der Waals surface area contributed by atoms with Crippen LogP contribution in [0.3, 0.4) is 0 Å². The van der Waals surface area contributed by atoms with Gasteiger partial charge in [-0.3, -0.25) is 5.32 Å². The van der Waals surface area contributed by atoms with E-state index < -0.39 is 16.1 Å². The van der Waals surface area contributed by atoms with Gasteiger partial charge < -0.3 is 9.47 Å². The Morgan fingerprint density at radius 2 is 1.07 bits per heavy atom. The van der Waals surface area contributed by atoms with Crippen molar-refractivity contribution in [3.8, 4) is 0 Å². The van der Waals surface area contributed by atoms with Gasteiger partial charge in [0.15, 0.2) is 0 Å². The highest BCUT2D eigenvalue weighted by atomic mass is 28.3. The molecule has 0 aromatic carbocycles. The Bertz CT molecular complexity index is 146. The summed E-state index contributed by atoms with van der Waals surface area (Å²) in [6.45, 7) is 15.0. The van der Waals surface area contributed by atoms with Gasteiger partial charge in [0, 0.05) is 12.5 Å². The van der Waals surface area contributed by atoms with Crippen LogP contribution in [-0.4, -0.2) is 42.1 Å². The topological polar surface area (TPSA) is 30.5 Å². The fraction of sp³-hybridized carbons (Fsp3) is 1.00. The standard InChI is InChI=1S/C10H27NO2Si2/c1-14(2,3)9-12-7-11-8-13-10-15(4,5)6/h11H,7-10H2,1-6H3. The minimum Gasteiger partial charge on any atom is -0.370 e. The van der Waals surface area contributed by atoms with Gasteiger partial charge in [0.25, 0.3) is 0 Å². The second-order valence-corrected chi connectivity index (χ2v) is 17.2. The highest BCUT2D eigenvalue weighted by molar-refractivity contribution is 6.76. The van der Waals surface area contributed by atoms with Crippen molar-refractivity contribution in [1.29, 1.82) is 0 Å². The van der Waals surface area contributed by atoms with Crippen LogP contribution < -0.4 is 5.32 Å². The zero-order chi connectivity index (χ0) is 11.9. The van der Waals surface area contributed by atoms with Gasteiger partial charge in [-0.2, -0.15) is 0 Å². The molecule has 0 aliphatic carbocycles. The Balaban J connectivity index is 3.20. The SMILES string of the molecule is C[Si](C)(C)COCNCOC[Si](C)(C)C. The Kier molecular flexibility index (Phi) is 6.94. The Morgan fingerprint density at radius 1 is 0.733 bits per heavy atom. The molecule has 0 spiro atoms. The lowest BCUT2D eigenvalue weighted by Gasteiger charge is -2.18. The summed E-state index contributed by atoms with van der Waals surface area (Å²) in [6, 6.07) is 0. The number of nitrogens with one attached hydrogen (secondary N) is 1. The van der Waals surface area contributed by atoms with Crippen molar-refractivity contribution in [1.82, 2.24) is 5.32 Å². The van der Waals surface area contributed by atoms with Gasteiger partial charge in [-0.1, -0.05) is 39.3 Å². The van der Waals surface area contributed by atoms with Crippen molar-refractivity contribution in [3.63, 3.8) is 0 Å². The summed E-state index contributed by atoms with van der Waals surface area (Å²) in [7, 11) is -2.10. The first kappa shape index (κ1) is 15.3. The highest BCUT2D eigenvalue weighted by Crippen LogP contribution is 2.00. The molecular formula is C10H27NO2Si2. The van der Waals surface area contributed by atoms with E-state index >= 15 is 0 Å². The summed E-state index contributed by atoms with van der Waals surface area (Å²) in [5.41, 5.74) is 0. The lowest BCUT2D eigenvalue weighted by Crippen LogP contribution is -2.34. The molecule has 0 aromatic heterocycles. The van der Waals surface area contributed by atoms with Gasteiger partial charge >= 0.3 is 0 Å². The van der Waals surface area contributed by atoms with E-state index in [1.165, 1.54) is 0 Å². The zero-order valence-electron chi connectivity index (χ0n) is 11.1. The molecule has 0 amide bonds. The molecule has 15 heavy (non-hydrogen) atoms. The maximum atomic E-state index is 5.51. The molecule has 0 bridgehead atoms. The summed E-state index contributed by atoms with van der Waals surface area (Å²) in [6.07, 6.45) is 1.82. The third-order valence-electron chi connectivity index (χ3n) is 1.48. The predicted octanol–water partition coefficient (Wildman–Crippen LogP) is 2.28. The van der Waals surface area contributed by atoms with Gasteiger partial charge in [0.05, 0.1) is 29.6 Å². The highest BCUT2D eigenvalue weighted by Gasteiger charge is 2.13. The molecule has 3 nitrogen and oxygen atoms in total. The van der Waals surface area contributed by atoms with Crippen LogP contribution in [0, 0.1) is 0 Å². The molecule has 0 saturated carbocycles. The van der Waals surface area contributed by atoms with Crippen molar-refractivity contribution in [2.24, 2.45) is 0 Å². The van der Waals surface area contributed by atoms with Crippen LogP contribution in [-0.2, 0) is 9.47 Å². The van der Waals surface area contributed by atoms with Gasteiger partial charge in [0.1, 0.15) is 0 Å². The quantitative estimate of drug-likeness (QED) is 0.407. The summed E-state index contributed by atoms with van der Waals surface area (Å²) < 4.78 is 11.0. The molecule has 0 heterocycles. The summed E-state index contributed by atoms with van der Waals surface area (Å²) in [5.74, 6) is 0. The molecule has 1 N–H and O–H groups in total. The lowest BCUT2D eigenvalue weighted by molar-refractivity contribution is 0.0896. The summed E-state index contributed by atoms with van der Waals surface area (Å²) >= 11 is 0. The molecule has 92 valence electrons. The molecule has 0 saturated heterocycles. The van der Waals surface area contributed by atoms with E-state index in [1.807, 2.05) is 0 Å². The Labute approximate surface area is 96.6 Å². The first-order valence-corrected chi connectivity index (χ1v) is 13.0. The van der Waals surface area contributed by atoms with Crippen molar-refractivity contribution >= 4 is 16.1 Å². The molecule has 5 heteroatoms. The predicted molar refractivity (Wildman–Crippen MR) is 71.5 cm³/mol. The molecular weight excluding hydrogens is 222 g/mol. The second-order valence-electron chi connectivity index (χ2n) is 6.36. The van der Waals surface area contributed by atoms with Crippen LogP contribution >= 0.6 is 0 Å². The van der Waals surface area contributed by atoms with E-state index in [0.717, 1.165) is 12.5 Å². The first-order chi connectivity index (χ1) is 6.71. The zero-order valence-corrected chi connectivity index (χ0v) is 13.1. The van der Waals surface area contributed by atoms with Crippen LogP contribution in [0.25, 0.3) is 0 Å². The normalized spacial score (nSPS) is 13.2. The van der Waals surface area contributed by atoms with E-state index in [4.69, 9.17) is 9.47 Å². The van der Waals surface area contributed by atoms with E-state index in [1.54, 1.807) is 0 Å². The second kappa shape index (κ2) is 6.80. The van der Waals surface area contributed by atoms with Crippen LogP contribution in [0.2, 0.25) is 39.3 Å². The number of rotatable bonds is 8. The van der Waals surface area contributed by atoms with Gasteiger partial charge in [0.2, 0.25) is 0 Å². The monoisotopic (exact) mass is 249 g/mol. The Hall–Kier alpha value is 0.314. The molecule has 0 rings (SSSR count). The fourth-order valence-electron chi connectivity index (χ4n) is 0.900. The maximum Gasteiger partial charge on any atom is 0.0978 e. The van der Waals surface area contributed by atoms with Crippen molar-refractivity contribution < 1.29 is 9.47 Å². The minimum atomic E-state index is -1.05. The van der Waals surface area contributed by atoms with E-state index in [0.29, 0.717) is 13.5 Å². The fourth-order valence-corrected chi connectivity index (χ4v) is 2.33. The molecule has 0 aliphatic rings. The van der Waals surface area contributed by atoms with Gasteiger partial charge in [-0.05, 0) is 0 Å². The van der Waals surface area contributed by atoms with Crippen LogP contribution in [0.1, 0.15) is 0 Å². The molecule has 0 aromatic rings. The molecule has 0 unspecified atom stereocenters. The number of ether oxygens (including phenoxy) is 2. The average molecular weight is 250 g/mol. The lowest BCUT2D eigenvalue weighted by atomic mass is 11.1. The average Bonchev–Trinajstić information content (AvgIpc) is 1.98. The van der Waals surface area contributed by atoms with E-state index in [2.05, 4.69) is 44.6 Å². The summed E-state index contributed by atoms with van der Waals surface area (Å²) in [5, 5.41) is 3.13.